The van der Waals surface area contributed by atoms with Crippen molar-refractivity contribution >= 4 is 10.4 Å². The zero-order chi connectivity index (χ0) is 14.2. The molecule has 6 N–H and O–H groups in total. The molecule has 19 heavy (non-hydrogen) atoms. The predicted molar refractivity (Wildman–Crippen MR) is 70.1 cm³/mol. The molecule has 0 saturated heterocycles. The molecular formula is C10H19NO7S. The first-order valence-electron chi connectivity index (χ1n) is 4.92. The second-order valence-corrected chi connectivity index (χ2v) is 4.06. The lowest BCUT2D eigenvalue weighted by atomic mass is 10.1. The van der Waals surface area contributed by atoms with Crippen molar-refractivity contribution in [3.8, 4) is 11.5 Å². The van der Waals surface area contributed by atoms with Gasteiger partial charge in [0.2, 0.25) is 0 Å². The van der Waals surface area contributed by atoms with Crippen molar-refractivity contribution in [1.29, 1.82) is 0 Å². The van der Waals surface area contributed by atoms with Crippen molar-refractivity contribution in [3.05, 3.63) is 23.8 Å². The molecule has 0 radical (unpaired) electrons. The van der Waals surface area contributed by atoms with Crippen LogP contribution in [0.1, 0.15) is 5.56 Å². The Morgan fingerprint density at radius 2 is 1.74 bits per heavy atom. The molecule has 0 bridgehead atoms. The first-order valence-corrected chi connectivity index (χ1v) is 6.32. The number of ether oxygens (including phenoxy) is 2. The van der Waals surface area contributed by atoms with Crippen molar-refractivity contribution < 1.29 is 32.5 Å². The maximum atomic E-state index is 8.74. The fourth-order valence-corrected chi connectivity index (χ4v) is 1.21. The molecule has 0 amide bonds. The summed E-state index contributed by atoms with van der Waals surface area (Å²) in [5, 5.41) is 0. The first-order chi connectivity index (χ1) is 8.31. The van der Waals surface area contributed by atoms with Gasteiger partial charge in [0, 0.05) is 6.07 Å². The molecule has 0 atom stereocenters. The van der Waals surface area contributed by atoms with Crippen LogP contribution < -0.4 is 15.2 Å². The van der Waals surface area contributed by atoms with Gasteiger partial charge < -0.3 is 20.7 Å². The fourth-order valence-electron chi connectivity index (χ4n) is 1.21. The van der Waals surface area contributed by atoms with Gasteiger partial charge in [-0.25, -0.2) is 0 Å². The Hall–Kier alpha value is -1.39. The smallest absolute Gasteiger partial charge is 0.394 e. The van der Waals surface area contributed by atoms with E-state index in [2.05, 4.69) is 0 Å². The summed E-state index contributed by atoms with van der Waals surface area (Å²) in [6.45, 7) is 0.628. The van der Waals surface area contributed by atoms with Gasteiger partial charge in [-0.2, -0.15) is 8.42 Å². The van der Waals surface area contributed by atoms with Crippen molar-refractivity contribution in [1.82, 2.24) is 0 Å². The number of nitrogens with two attached hydrogens (primary N) is 1. The van der Waals surface area contributed by atoms with Crippen molar-refractivity contribution in [2.45, 2.75) is 6.42 Å². The van der Waals surface area contributed by atoms with E-state index in [1.54, 1.807) is 14.2 Å². The van der Waals surface area contributed by atoms with Gasteiger partial charge in [-0.05, 0) is 24.6 Å². The van der Waals surface area contributed by atoms with E-state index in [1.165, 1.54) is 0 Å². The molecular weight excluding hydrogens is 278 g/mol. The highest BCUT2D eigenvalue weighted by molar-refractivity contribution is 7.79. The summed E-state index contributed by atoms with van der Waals surface area (Å²) in [5.74, 6) is 1.64. The number of benzene rings is 1. The predicted octanol–water partition coefficient (Wildman–Crippen LogP) is -0.272. The molecule has 0 aliphatic rings. The number of rotatable bonds is 4. The summed E-state index contributed by atoms with van der Waals surface area (Å²) in [6.07, 6.45) is 0.827. The van der Waals surface area contributed by atoms with E-state index in [0.717, 1.165) is 23.5 Å². The maximum absolute atomic E-state index is 8.74. The molecule has 0 unspecified atom stereocenters. The fraction of sp³-hybridized carbons (Fsp3) is 0.400. The van der Waals surface area contributed by atoms with Crippen LogP contribution >= 0.6 is 0 Å². The molecule has 1 aromatic carbocycles. The number of hydrogen-bond donors (Lipinski definition) is 3. The van der Waals surface area contributed by atoms with Gasteiger partial charge in [-0.3, -0.25) is 9.11 Å². The molecule has 112 valence electrons. The van der Waals surface area contributed by atoms with Crippen LogP contribution in [0.4, 0.5) is 0 Å². The average Bonchev–Trinajstić information content (AvgIpc) is 2.28. The third-order valence-electron chi connectivity index (χ3n) is 1.91. The van der Waals surface area contributed by atoms with E-state index in [1.807, 2.05) is 18.2 Å². The molecule has 0 aliphatic heterocycles. The summed E-state index contributed by atoms with van der Waals surface area (Å²) < 4.78 is 41.9. The van der Waals surface area contributed by atoms with Gasteiger partial charge in [0.25, 0.3) is 0 Å². The van der Waals surface area contributed by atoms with Gasteiger partial charge in [0.1, 0.15) is 11.5 Å². The lowest BCUT2D eigenvalue weighted by Gasteiger charge is -2.08. The third kappa shape index (κ3) is 10.2. The molecule has 0 spiro atoms. The Balaban J connectivity index is 0. The normalized spacial score (nSPS) is 9.74. The molecule has 0 aromatic heterocycles. The van der Waals surface area contributed by atoms with Gasteiger partial charge in [0.05, 0.1) is 14.2 Å². The van der Waals surface area contributed by atoms with Crippen molar-refractivity contribution in [3.63, 3.8) is 0 Å². The van der Waals surface area contributed by atoms with Gasteiger partial charge in [-0.15, -0.1) is 0 Å². The number of hydrogen-bond acceptors (Lipinski definition) is 5. The average molecular weight is 297 g/mol. The van der Waals surface area contributed by atoms with E-state index in [9.17, 15) is 0 Å². The molecule has 0 aliphatic carbocycles. The van der Waals surface area contributed by atoms with Crippen LogP contribution in [0, 0.1) is 0 Å². The van der Waals surface area contributed by atoms with Crippen LogP contribution in [0.25, 0.3) is 0 Å². The first kappa shape index (κ1) is 19.9. The summed E-state index contributed by atoms with van der Waals surface area (Å²) in [4.78, 5) is 0. The van der Waals surface area contributed by atoms with E-state index in [0.29, 0.717) is 6.54 Å². The third-order valence-corrected chi connectivity index (χ3v) is 1.91. The van der Waals surface area contributed by atoms with E-state index >= 15 is 0 Å². The minimum absolute atomic E-state index is 0. The summed E-state index contributed by atoms with van der Waals surface area (Å²) in [7, 11) is -1.38. The molecule has 0 fully saturated rings. The molecule has 1 rings (SSSR count). The van der Waals surface area contributed by atoms with Crippen LogP contribution in [-0.4, -0.2) is 43.8 Å². The van der Waals surface area contributed by atoms with Gasteiger partial charge in [-0.1, -0.05) is 6.07 Å². The summed E-state index contributed by atoms with van der Waals surface area (Å²) in [5.41, 5.74) is 6.58. The van der Waals surface area contributed by atoms with Crippen molar-refractivity contribution in [2.75, 3.05) is 20.8 Å². The Kier molecular flexibility index (Phi) is 10.00. The second kappa shape index (κ2) is 9.53. The van der Waals surface area contributed by atoms with Crippen LogP contribution in [0.15, 0.2) is 18.2 Å². The molecule has 0 heterocycles. The summed E-state index contributed by atoms with van der Waals surface area (Å²) in [6, 6.07) is 5.75. The highest BCUT2D eigenvalue weighted by atomic mass is 32.3. The lowest BCUT2D eigenvalue weighted by molar-refractivity contribution is 0.381. The summed E-state index contributed by atoms with van der Waals surface area (Å²) >= 11 is 0. The van der Waals surface area contributed by atoms with Crippen LogP contribution in [-0.2, 0) is 16.8 Å². The molecule has 8 nitrogen and oxygen atoms in total. The minimum Gasteiger partial charge on any atom is -0.497 e. The zero-order valence-electron chi connectivity index (χ0n) is 10.7. The zero-order valence-corrected chi connectivity index (χ0v) is 11.5. The molecule has 0 saturated carbocycles. The van der Waals surface area contributed by atoms with Gasteiger partial charge >= 0.3 is 10.4 Å². The van der Waals surface area contributed by atoms with Gasteiger partial charge in [0.15, 0.2) is 0 Å². The standard InChI is InChI=1S/C10H15NO2.H2O4S.H2O/c1-12-9-4-3-8(5-6-11)10(7-9)13-2;1-5(2,3)4;/h3-4,7H,5-6,11H2,1-2H3;(H2,1,2,3,4);1H2. The quantitative estimate of drug-likeness (QED) is 0.647. The van der Waals surface area contributed by atoms with E-state index in [-0.39, 0.29) is 5.48 Å². The number of methoxy groups -OCH3 is 2. The second-order valence-electron chi connectivity index (χ2n) is 3.16. The Bertz CT molecular complexity index is 453. The molecule has 9 heteroatoms. The monoisotopic (exact) mass is 297 g/mol. The highest BCUT2D eigenvalue weighted by Gasteiger charge is 2.03. The van der Waals surface area contributed by atoms with Crippen molar-refractivity contribution in [2.24, 2.45) is 5.73 Å². The lowest BCUT2D eigenvalue weighted by Crippen LogP contribution is -2.04. The van der Waals surface area contributed by atoms with E-state index in [4.69, 9.17) is 32.7 Å². The maximum Gasteiger partial charge on any atom is 0.394 e. The minimum atomic E-state index is -4.67. The largest absolute Gasteiger partial charge is 0.497 e. The Morgan fingerprint density at radius 3 is 2.11 bits per heavy atom. The highest BCUT2D eigenvalue weighted by Crippen LogP contribution is 2.24. The SMILES string of the molecule is COc1ccc(CCN)c(OC)c1.O.O=S(=O)(O)O. The topological polar surface area (TPSA) is 151 Å². The Labute approximate surface area is 112 Å². The van der Waals surface area contributed by atoms with E-state index < -0.39 is 10.4 Å². The van der Waals surface area contributed by atoms with Crippen LogP contribution in [0.5, 0.6) is 11.5 Å². The molecule has 1 aromatic rings. The van der Waals surface area contributed by atoms with Crippen LogP contribution in [0.2, 0.25) is 0 Å². The Morgan fingerprint density at radius 1 is 1.21 bits per heavy atom. The van der Waals surface area contributed by atoms with Crippen LogP contribution in [0.3, 0.4) is 0 Å².